The molecule has 0 heterocycles. The normalized spacial score (nSPS) is 11.2. The van der Waals surface area contributed by atoms with Gasteiger partial charge in [-0.25, -0.2) is 9.18 Å². The summed E-state index contributed by atoms with van der Waals surface area (Å²) in [6, 6.07) is 0. The molecule has 0 saturated carbocycles. The average Bonchev–Trinajstić information content (AvgIpc) is 1.87. The van der Waals surface area contributed by atoms with Gasteiger partial charge in [-0.3, -0.25) is 0 Å². The maximum atomic E-state index is 11.7. The lowest BCUT2D eigenvalue weighted by atomic mass is 10.6. The molecule has 0 aromatic heterocycles. The summed E-state index contributed by atoms with van der Waals surface area (Å²) in [6.07, 6.45) is 0.525. The standard InChI is InChI=1S/C5H5F2O2/c1-2-9-5(8)4(7)3-6/h2H2,1H3. The van der Waals surface area contributed by atoms with Crippen molar-refractivity contribution in [1.82, 2.24) is 0 Å². The molecule has 0 atom stereocenters. The topological polar surface area (TPSA) is 26.3 Å². The number of esters is 1. The van der Waals surface area contributed by atoms with Crippen molar-refractivity contribution in [3.05, 3.63) is 12.2 Å². The van der Waals surface area contributed by atoms with E-state index in [1.54, 1.807) is 0 Å². The second kappa shape index (κ2) is 4.00. The van der Waals surface area contributed by atoms with E-state index >= 15 is 0 Å². The summed E-state index contributed by atoms with van der Waals surface area (Å²) < 4.78 is 26.7. The van der Waals surface area contributed by atoms with Crippen molar-refractivity contribution in [3.8, 4) is 0 Å². The van der Waals surface area contributed by atoms with E-state index in [1.165, 1.54) is 6.92 Å². The molecule has 0 saturated heterocycles. The lowest BCUT2D eigenvalue weighted by Crippen LogP contribution is -2.03. The molecule has 0 amide bonds. The van der Waals surface area contributed by atoms with Gasteiger partial charge >= 0.3 is 5.97 Å². The predicted octanol–water partition coefficient (Wildman–Crippen LogP) is 1.13. The Hall–Kier alpha value is -0.930. The zero-order valence-corrected chi connectivity index (χ0v) is 4.78. The van der Waals surface area contributed by atoms with Crippen LogP contribution < -0.4 is 0 Å². The van der Waals surface area contributed by atoms with Crippen LogP contribution in [0, 0.1) is 6.33 Å². The Morgan fingerprint density at radius 1 is 1.78 bits per heavy atom. The van der Waals surface area contributed by atoms with Crippen LogP contribution in [0.15, 0.2) is 5.83 Å². The smallest absolute Gasteiger partial charge is 0.370 e. The predicted molar refractivity (Wildman–Crippen MR) is 25.6 cm³/mol. The van der Waals surface area contributed by atoms with Gasteiger partial charge in [0.15, 0.2) is 0 Å². The molecule has 0 fully saturated rings. The van der Waals surface area contributed by atoms with Gasteiger partial charge in [0.2, 0.25) is 12.2 Å². The maximum absolute atomic E-state index is 11.7. The van der Waals surface area contributed by atoms with Crippen LogP contribution >= 0.6 is 0 Å². The molecule has 9 heavy (non-hydrogen) atoms. The molecule has 0 aliphatic carbocycles. The lowest BCUT2D eigenvalue weighted by Gasteiger charge is -1.94. The Kier molecular flexibility index (Phi) is 3.59. The molecule has 0 spiro atoms. The number of rotatable bonds is 2. The SMILES string of the molecule is CCOC(=O)C(F)=[C]F. The van der Waals surface area contributed by atoms with Gasteiger partial charge in [0.25, 0.3) is 0 Å². The Balaban J connectivity index is 3.74. The molecular formula is C5H5F2O2. The lowest BCUT2D eigenvalue weighted by molar-refractivity contribution is -0.140. The number of carbonyl (C=O) groups is 1. The minimum absolute atomic E-state index is 0.0218. The van der Waals surface area contributed by atoms with Crippen molar-refractivity contribution >= 4 is 5.97 Å². The molecule has 1 radical (unpaired) electrons. The second-order valence-electron chi connectivity index (χ2n) is 1.13. The van der Waals surface area contributed by atoms with Crippen LogP contribution in [0.4, 0.5) is 8.78 Å². The molecule has 51 valence electrons. The molecule has 0 aromatic carbocycles. The fourth-order valence-corrected chi connectivity index (χ4v) is 0.233. The van der Waals surface area contributed by atoms with Gasteiger partial charge in [0.05, 0.1) is 6.61 Å². The van der Waals surface area contributed by atoms with Crippen LogP contribution in [0.25, 0.3) is 0 Å². The van der Waals surface area contributed by atoms with Crippen LogP contribution in [0.1, 0.15) is 6.92 Å². The van der Waals surface area contributed by atoms with Crippen LogP contribution in [-0.4, -0.2) is 12.6 Å². The molecule has 0 rings (SSSR count). The molecule has 2 nitrogen and oxygen atoms in total. The molecule has 0 aliphatic rings. The van der Waals surface area contributed by atoms with E-state index in [9.17, 15) is 13.6 Å². The molecule has 0 bridgehead atoms. The zero-order valence-electron chi connectivity index (χ0n) is 4.78. The maximum Gasteiger partial charge on any atom is 0.370 e. The van der Waals surface area contributed by atoms with E-state index < -0.39 is 11.8 Å². The first-order chi connectivity index (χ1) is 4.22. The molecule has 0 N–H and O–H groups in total. The minimum Gasteiger partial charge on any atom is -0.461 e. The number of hydrogen-bond acceptors (Lipinski definition) is 2. The third-order valence-electron chi connectivity index (χ3n) is 0.538. The summed E-state index contributed by atoms with van der Waals surface area (Å²) in [5.74, 6) is -2.95. The van der Waals surface area contributed by atoms with E-state index in [4.69, 9.17) is 0 Å². The van der Waals surface area contributed by atoms with Crippen LogP contribution in [-0.2, 0) is 9.53 Å². The molecule has 0 aliphatic heterocycles. The first-order valence-electron chi connectivity index (χ1n) is 2.28. The first-order valence-corrected chi connectivity index (χ1v) is 2.28. The van der Waals surface area contributed by atoms with Crippen molar-refractivity contribution in [2.45, 2.75) is 6.92 Å². The highest BCUT2D eigenvalue weighted by atomic mass is 19.2. The second-order valence-corrected chi connectivity index (χ2v) is 1.13. The van der Waals surface area contributed by atoms with Gasteiger partial charge in [0, 0.05) is 0 Å². The quantitative estimate of drug-likeness (QED) is 0.419. The highest BCUT2D eigenvalue weighted by Crippen LogP contribution is 1.97. The molecule has 0 aromatic rings. The van der Waals surface area contributed by atoms with Gasteiger partial charge in [0.1, 0.15) is 0 Å². The van der Waals surface area contributed by atoms with Crippen LogP contribution in [0.2, 0.25) is 0 Å². The summed E-state index contributed by atoms with van der Waals surface area (Å²) in [4.78, 5) is 10.0. The summed E-state index contributed by atoms with van der Waals surface area (Å²) in [7, 11) is 0. The van der Waals surface area contributed by atoms with Crippen LogP contribution in [0.3, 0.4) is 0 Å². The van der Waals surface area contributed by atoms with Gasteiger partial charge < -0.3 is 4.74 Å². The van der Waals surface area contributed by atoms with Gasteiger partial charge in [-0.1, -0.05) is 0 Å². The third kappa shape index (κ3) is 2.79. The van der Waals surface area contributed by atoms with E-state index in [0.29, 0.717) is 6.33 Å². The highest BCUT2D eigenvalue weighted by Gasteiger charge is 2.08. The monoisotopic (exact) mass is 135 g/mol. The number of ether oxygens (including phenoxy) is 1. The average molecular weight is 135 g/mol. The Morgan fingerprint density at radius 2 is 2.33 bits per heavy atom. The van der Waals surface area contributed by atoms with Gasteiger partial charge in [-0.2, -0.15) is 4.39 Å². The first kappa shape index (κ1) is 8.07. The number of halogens is 2. The fourth-order valence-electron chi connectivity index (χ4n) is 0.233. The van der Waals surface area contributed by atoms with E-state index in [-0.39, 0.29) is 6.61 Å². The fraction of sp³-hybridized carbons (Fsp3) is 0.400. The Bertz CT molecular complexity index is 131. The van der Waals surface area contributed by atoms with E-state index in [0.717, 1.165) is 0 Å². The van der Waals surface area contributed by atoms with E-state index in [2.05, 4.69) is 4.74 Å². The summed E-state index contributed by atoms with van der Waals surface area (Å²) in [5.41, 5.74) is 0. The minimum atomic E-state index is -1.63. The summed E-state index contributed by atoms with van der Waals surface area (Å²) >= 11 is 0. The summed E-state index contributed by atoms with van der Waals surface area (Å²) in [5, 5.41) is 0. The number of carbonyl (C=O) groups excluding carboxylic acids is 1. The zero-order chi connectivity index (χ0) is 7.28. The van der Waals surface area contributed by atoms with Gasteiger partial charge in [-0.15, -0.1) is 0 Å². The molecule has 0 unspecified atom stereocenters. The molecule has 4 heteroatoms. The third-order valence-corrected chi connectivity index (χ3v) is 0.538. The number of hydrogen-bond donors (Lipinski definition) is 0. The van der Waals surface area contributed by atoms with Crippen molar-refractivity contribution < 1.29 is 18.3 Å². The van der Waals surface area contributed by atoms with Crippen molar-refractivity contribution in [2.75, 3.05) is 6.61 Å². The van der Waals surface area contributed by atoms with Crippen molar-refractivity contribution in [1.29, 1.82) is 0 Å². The molecular weight excluding hydrogens is 130 g/mol. The van der Waals surface area contributed by atoms with E-state index in [1.807, 2.05) is 0 Å². The van der Waals surface area contributed by atoms with Crippen molar-refractivity contribution in [3.63, 3.8) is 0 Å². The summed E-state index contributed by atoms with van der Waals surface area (Å²) in [6.45, 7) is 1.51. The van der Waals surface area contributed by atoms with Crippen LogP contribution in [0.5, 0.6) is 0 Å². The van der Waals surface area contributed by atoms with Crippen molar-refractivity contribution in [2.24, 2.45) is 0 Å². The van der Waals surface area contributed by atoms with Gasteiger partial charge in [-0.05, 0) is 6.92 Å². The largest absolute Gasteiger partial charge is 0.461 e. The highest BCUT2D eigenvalue weighted by molar-refractivity contribution is 5.84. The Morgan fingerprint density at radius 3 is 2.67 bits per heavy atom. The Labute approximate surface area is 51.1 Å².